The number of halogens is 1. The van der Waals surface area contributed by atoms with Gasteiger partial charge in [-0.3, -0.25) is 4.79 Å². The summed E-state index contributed by atoms with van der Waals surface area (Å²) in [4.78, 5) is 14.3. The number of nitrogens with zero attached hydrogens (tertiary/aromatic N) is 1. The number of hydrogen-bond acceptors (Lipinski definition) is 2. The van der Waals surface area contributed by atoms with Crippen LogP contribution < -0.4 is 5.32 Å². The highest BCUT2D eigenvalue weighted by atomic mass is 35.5. The van der Waals surface area contributed by atoms with Crippen molar-refractivity contribution in [3.8, 4) is 0 Å². The van der Waals surface area contributed by atoms with E-state index in [1.54, 1.807) is 0 Å². The van der Waals surface area contributed by atoms with Crippen LogP contribution >= 0.6 is 12.4 Å². The topological polar surface area (TPSA) is 32.3 Å². The minimum absolute atomic E-state index is 0. The lowest BCUT2D eigenvalue weighted by molar-refractivity contribution is -0.132. The van der Waals surface area contributed by atoms with Crippen LogP contribution in [0.25, 0.3) is 0 Å². The number of rotatable bonds is 5. The van der Waals surface area contributed by atoms with Crippen LogP contribution in [0.3, 0.4) is 0 Å². The Morgan fingerprint density at radius 3 is 2.50 bits per heavy atom. The van der Waals surface area contributed by atoms with Gasteiger partial charge in [0.05, 0.1) is 0 Å². The van der Waals surface area contributed by atoms with Gasteiger partial charge in [-0.25, -0.2) is 0 Å². The van der Waals surface area contributed by atoms with Crippen LogP contribution in [0.4, 0.5) is 0 Å². The summed E-state index contributed by atoms with van der Waals surface area (Å²) in [5, 5.41) is 3.35. The zero-order chi connectivity index (χ0) is 13.5. The van der Waals surface area contributed by atoms with E-state index in [2.05, 4.69) is 24.4 Å². The number of nitrogens with one attached hydrogen (secondary N) is 1. The van der Waals surface area contributed by atoms with Gasteiger partial charge < -0.3 is 10.2 Å². The molecule has 0 aromatic heterocycles. The van der Waals surface area contributed by atoms with Crippen molar-refractivity contribution >= 4 is 18.3 Å². The zero-order valence-corrected chi connectivity index (χ0v) is 13.0. The van der Waals surface area contributed by atoms with Gasteiger partial charge in [0.15, 0.2) is 0 Å². The maximum atomic E-state index is 12.4. The summed E-state index contributed by atoms with van der Waals surface area (Å²) >= 11 is 0. The molecule has 2 rings (SSSR count). The Morgan fingerprint density at radius 2 is 1.90 bits per heavy atom. The second kappa shape index (κ2) is 8.98. The van der Waals surface area contributed by atoms with E-state index in [1.165, 1.54) is 5.56 Å². The van der Waals surface area contributed by atoms with Crippen LogP contribution in [0.5, 0.6) is 0 Å². The average Bonchev–Trinajstić information content (AvgIpc) is 2.47. The van der Waals surface area contributed by atoms with Crippen molar-refractivity contribution in [3.63, 3.8) is 0 Å². The van der Waals surface area contributed by atoms with Crippen molar-refractivity contribution in [1.29, 1.82) is 0 Å². The molecule has 0 saturated carbocycles. The molecule has 1 amide bonds. The largest absolute Gasteiger partial charge is 0.339 e. The molecule has 0 atom stereocenters. The second-order valence-corrected chi connectivity index (χ2v) is 5.29. The van der Waals surface area contributed by atoms with Gasteiger partial charge in [0.25, 0.3) is 0 Å². The van der Waals surface area contributed by atoms with Gasteiger partial charge in [0.1, 0.15) is 0 Å². The first kappa shape index (κ1) is 17.0. The summed E-state index contributed by atoms with van der Waals surface area (Å²) in [6.07, 6.45) is 2.98. The Bertz CT molecular complexity index is 391. The molecule has 1 saturated heterocycles. The molecule has 1 heterocycles. The van der Waals surface area contributed by atoms with Gasteiger partial charge in [0, 0.05) is 19.5 Å². The predicted molar refractivity (Wildman–Crippen MR) is 85.0 cm³/mol. The van der Waals surface area contributed by atoms with Crippen molar-refractivity contribution in [3.05, 3.63) is 35.9 Å². The Morgan fingerprint density at radius 1 is 1.25 bits per heavy atom. The maximum Gasteiger partial charge on any atom is 0.223 e. The average molecular weight is 297 g/mol. The Kier molecular flexibility index (Phi) is 7.63. The van der Waals surface area contributed by atoms with Crippen molar-refractivity contribution < 1.29 is 4.79 Å². The van der Waals surface area contributed by atoms with Crippen molar-refractivity contribution in [1.82, 2.24) is 10.2 Å². The van der Waals surface area contributed by atoms with E-state index in [4.69, 9.17) is 0 Å². The van der Waals surface area contributed by atoms with Crippen molar-refractivity contribution in [2.24, 2.45) is 5.92 Å². The molecule has 0 bridgehead atoms. The fourth-order valence-electron chi connectivity index (χ4n) is 2.64. The minimum Gasteiger partial charge on any atom is -0.339 e. The number of amides is 1. The van der Waals surface area contributed by atoms with E-state index < -0.39 is 0 Å². The van der Waals surface area contributed by atoms with E-state index in [1.807, 2.05) is 23.1 Å². The van der Waals surface area contributed by atoms with Crippen LogP contribution in [0.2, 0.25) is 0 Å². The van der Waals surface area contributed by atoms with E-state index in [9.17, 15) is 4.79 Å². The smallest absolute Gasteiger partial charge is 0.223 e. The molecule has 1 aliphatic rings. The third-order valence-corrected chi connectivity index (χ3v) is 3.87. The standard InChI is InChI=1S/C16H24N2O.ClH/c1-2-18(13-15-6-4-3-5-7-15)16(19)12-14-8-10-17-11-9-14;/h3-7,14,17H,2,8-13H2,1H3;1H. The van der Waals surface area contributed by atoms with E-state index in [0.29, 0.717) is 18.2 Å². The molecule has 112 valence electrons. The zero-order valence-electron chi connectivity index (χ0n) is 12.2. The van der Waals surface area contributed by atoms with Gasteiger partial charge in [-0.2, -0.15) is 0 Å². The summed E-state index contributed by atoms with van der Waals surface area (Å²) in [5.41, 5.74) is 1.21. The number of carbonyl (C=O) groups is 1. The molecule has 1 aromatic carbocycles. The molecule has 1 fully saturated rings. The van der Waals surface area contributed by atoms with Crippen molar-refractivity contribution in [2.45, 2.75) is 32.7 Å². The number of benzene rings is 1. The molecule has 3 nitrogen and oxygen atoms in total. The Labute approximate surface area is 128 Å². The summed E-state index contributed by atoms with van der Waals surface area (Å²) in [7, 11) is 0. The van der Waals surface area contributed by atoms with Crippen LogP contribution in [0, 0.1) is 5.92 Å². The lowest BCUT2D eigenvalue weighted by atomic mass is 9.94. The molecule has 0 radical (unpaired) electrons. The second-order valence-electron chi connectivity index (χ2n) is 5.29. The van der Waals surface area contributed by atoms with Crippen LogP contribution in [-0.4, -0.2) is 30.4 Å². The molecule has 4 heteroatoms. The van der Waals surface area contributed by atoms with Gasteiger partial charge in [-0.15, -0.1) is 12.4 Å². The fourth-order valence-corrected chi connectivity index (χ4v) is 2.64. The van der Waals surface area contributed by atoms with Gasteiger partial charge in [-0.1, -0.05) is 30.3 Å². The third kappa shape index (κ3) is 5.14. The lowest BCUT2D eigenvalue weighted by Crippen LogP contribution is -2.35. The first-order valence-corrected chi connectivity index (χ1v) is 7.32. The summed E-state index contributed by atoms with van der Waals surface area (Å²) in [6, 6.07) is 10.2. The molecule has 1 aliphatic heterocycles. The predicted octanol–water partition coefficient (Wildman–Crippen LogP) is 2.85. The molecule has 0 unspecified atom stereocenters. The van der Waals surface area contributed by atoms with E-state index >= 15 is 0 Å². The summed E-state index contributed by atoms with van der Waals surface area (Å²) < 4.78 is 0. The molecular formula is C16H25ClN2O. The Balaban J connectivity index is 0.00000200. The first-order chi connectivity index (χ1) is 9.29. The first-order valence-electron chi connectivity index (χ1n) is 7.32. The number of piperidine rings is 1. The highest BCUT2D eigenvalue weighted by Gasteiger charge is 2.20. The van der Waals surface area contributed by atoms with Gasteiger partial charge in [0.2, 0.25) is 5.91 Å². The highest BCUT2D eigenvalue weighted by Crippen LogP contribution is 2.18. The molecule has 1 aromatic rings. The third-order valence-electron chi connectivity index (χ3n) is 3.87. The SMILES string of the molecule is CCN(Cc1ccccc1)C(=O)CC1CCNCC1.Cl. The molecule has 0 aliphatic carbocycles. The normalized spacial score (nSPS) is 15.4. The summed E-state index contributed by atoms with van der Waals surface area (Å²) in [5.74, 6) is 0.872. The van der Waals surface area contributed by atoms with Gasteiger partial charge >= 0.3 is 0 Å². The lowest BCUT2D eigenvalue weighted by Gasteiger charge is -2.26. The molecular weight excluding hydrogens is 272 g/mol. The maximum absolute atomic E-state index is 12.4. The highest BCUT2D eigenvalue weighted by molar-refractivity contribution is 5.85. The molecule has 1 N–H and O–H groups in total. The quantitative estimate of drug-likeness (QED) is 0.906. The number of carbonyl (C=O) groups excluding carboxylic acids is 1. The summed E-state index contributed by atoms with van der Waals surface area (Å²) in [6.45, 7) is 5.70. The van der Waals surface area contributed by atoms with Gasteiger partial charge in [-0.05, 0) is 44.3 Å². The van der Waals surface area contributed by atoms with Crippen molar-refractivity contribution in [2.75, 3.05) is 19.6 Å². The van der Waals surface area contributed by atoms with Crippen LogP contribution in [0.15, 0.2) is 30.3 Å². The molecule has 20 heavy (non-hydrogen) atoms. The van der Waals surface area contributed by atoms with E-state index in [-0.39, 0.29) is 12.4 Å². The minimum atomic E-state index is 0. The van der Waals surface area contributed by atoms with Crippen LogP contribution in [0.1, 0.15) is 31.7 Å². The number of hydrogen-bond donors (Lipinski definition) is 1. The monoisotopic (exact) mass is 296 g/mol. The van der Waals surface area contributed by atoms with Crippen LogP contribution in [-0.2, 0) is 11.3 Å². The molecule has 0 spiro atoms. The Hall–Kier alpha value is -1.06. The fraction of sp³-hybridized carbons (Fsp3) is 0.562. The van der Waals surface area contributed by atoms with E-state index in [0.717, 1.165) is 39.0 Å².